The molecule has 1 aromatic heterocycles. The standard InChI is InChI=1S/C19H25N3O4S/c1-3-15-11-16-5-4-14(10-17(16)20-19(15)24)12-21-6-8-22(9-7-21)18(23)13-27(2,25)26/h4-5,10-11H,3,6-9,12-13H2,1-2H3,(H,20,24). The maximum Gasteiger partial charge on any atom is 0.251 e. The van der Waals surface area contributed by atoms with Crippen LogP contribution in [0, 0.1) is 0 Å². The number of pyridine rings is 1. The molecule has 0 unspecified atom stereocenters. The maximum absolute atomic E-state index is 12.0. The highest BCUT2D eigenvalue weighted by atomic mass is 32.2. The van der Waals surface area contributed by atoms with Gasteiger partial charge in [-0.05, 0) is 29.5 Å². The Morgan fingerprint density at radius 1 is 1.15 bits per heavy atom. The Labute approximate surface area is 158 Å². The number of amides is 1. The van der Waals surface area contributed by atoms with E-state index in [0.717, 1.165) is 34.8 Å². The summed E-state index contributed by atoms with van der Waals surface area (Å²) in [5.74, 6) is -0.753. The average Bonchev–Trinajstić information content (AvgIpc) is 2.60. The van der Waals surface area contributed by atoms with E-state index in [4.69, 9.17) is 0 Å². The van der Waals surface area contributed by atoms with Gasteiger partial charge in [0, 0.05) is 50.1 Å². The Bertz CT molecular complexity index is 1010. The van der Waals surface area contributed by atoms with Gasteiger partial charge >= 0.3 is 0 Å². The summed E-state index contributed by atoms with van der Waals surface area (Å²) in [5, 5.41) is 1.02. The smallest absolute Gasteiger partial charge is 0.251 e. The van der Waals surface area contributed by atoms with Gasteiger partial charge in [-0.1, -0.05) is 19.1 Å². The first-order valence-electron chi connectivity index (χ1n) is 9.08. The largest absolute Gasteiger partial charge is 0.339 e. The molecular weight excluding hydrogens is 366 g/mol. The number of aromatic amines is 1. The third-order valence-corrected chi connectivity index (χ3v) is 5.66. The molecule has 2 aromatic rings. The van der Waals surface area contributed by atoms with Gasteiger partial charge in [0.25, 0.3) is 5.56 Å². The van der Waals surface area contributed by atoms with Crippen LogP contribution in [0.5, 0.6) is 0 Å². The van der Waals surface area contributed by atoms with Crippen molar-refractivity contribution in [3.63, 3.8) is 0 Å². The Balaban J connectivity index is 1.63. The molecule has 3 rings (SSSR count). The van der Waals surface area contributed by atoms with Gasteiger partial charge in [-0.3, -0.25) is 14.5 Å². The lowest BCUT2D eigenvalue weighted by Gasteiger charge is -2.34. The number of benzene rings is 1. The minimum Gasteiger partial charge on any atom is -0.339 e. The quantitative estimate of drug-likeness (QED) is 0.813. The Kier molecular flexibility index (Phi) is 5.67. The van der Waals surface area contributed by atoms with Crippen molar-refractivity contribution in [2.24, 2.45) is 0 Å². The van der Waals surface area contributed by atoms with E-state index in [1.807, 2.05) is 25.1 Å². The normalized spacial score (nSPS) is 16.0. The lowest BCUT2D eigenvalue weighted by atomic mass is 10.1. The molecule has 0 atom stereocenters. The number of nitrogens with one attached hydrogen (secondary N) is 1. The van der Waals surface area contributed by atoms with Gasteiger partial charge in [-0.2, -0.15) is 0 Å². The van der Waals surface area contributed by atoms with Crippen LogP contribution >= 0.6 is 0 Å². The number of rotatable bonds is 5. The van der Waals surface area contributed by atoms with Crippen molar-refractivity contribution in [1.29, 1.82) is 0 Å². The lowest BCUT2D eigenvalue weighted by Crippen LogP contribution is -2.49. The van der Waals surface area contributed by atoms with E-state index in [9.17, 15) is 18.0 Å². The molecule has 146 valence electrons. The first kappa shape index (κ1) is 19.6. The molecule has 7 nitrogen and oxygen atoms in total. The van der Waals surface area contributed by atoms with Crippen molar-refractivity contribution in [3.8, 4) is 0 Å². The molecule has 1 aliphatic rings. The number of sulfone groups is 1. The number of carbonyl (C=O) groups excluding carboxylic acids is 1. The highest BCUT2D eigenvalue weighted by Gasteiger charge is 2.23. The predicted octanol–water partition coefficient (Wildman–Crippen LogP) is 0.779. The van der Waals surface area contributed by atoms with Crippen molar-refractivity contribution in [3.05, 3.63) is 45.7 Å². The zero-order valence-electron chi connectivity index (χ0n) is 15.7. The van der Waals surface area contributed by atoms with Crippen molar-refractivity contribution in [1.82, 2.24) is 14.8 Å². The second-order valence-corrected chi connectivity index (χ2v) is 9.27. The predicted molar refractivity (Wildman–Crippen MR) is 106 cm³/mol. The van der Waals surface area contributed by atoms with Crippen LogP contribution in [0.25, 0.3) is 10.9 Å². The van der Waals surface area contributed by atoms with E-state index in [0.29, 0.717) is 32.6 Å². The third kappa shape index (κ3) is 4.95. The van der Waals surface area contributed by atoms with Gasteiger partial charge in [0.1, 0.15) is 5.75 Å². The van der Waals surface area contributed by atoms with Gasteiger partial charge in [0.05, 0.1) is 0 Å². The van der Waals surface area contributed by atoms with Crippen LogP contribution in [0.15, 0.2) is 29.1 Å². The lowest BCUT2D eigenvalue weighted by molar-refractivity contribution is -0.130. The molecule has 1 saturated heterocycles. The monoisotopic (exact) mass is 391 g/mol. The van der Waals surface area contributed by atoms with Crippen LogP contribution in [0.2, 0.25) is 0 Å². The van der Waals surface area contributed by atoms with E-state index in [1.165, 1.54) is 0 Å². The van der Waals surface area contributed by atoms with Crippen molar-refractivity contribution < 1.29 is 13.2 Å². The number of aryl methyl sites for hydroxylation is 1. The summed E-state index contributed by atoms with van der Waals surface area (Å²) in [4.78, 5) is 30.8. The van der Waals surface area contributed by atoms with Crippen LogP contribution in [0.4, 0.5) is 0 Å². The van der Waals surface area contributed by atoms with E-state index in [1.54, 1.807) is 4.90 Å². The topological polar surface area (TPSA) is 90.6 Å². The fourth-order valence-electron chi connectivity index (χ4n) is 3.38. The number of hydrogen-bond donors (Lipinski definition) is 1. The van der Waals surface area contributed by atoms with Crippen molar-refractivity contribution in [2.75, 3.05) is 38.2 Å². The van der Waals surface area contributed by atoms with Crippen molar-refractivity contribution in [2.45, 2.75) is 19.9 Å². The van der Waals surface area contributed by atoms with Gasteiger partial charge in [0.15, 0.2) is 9.84 Å². The van der Waals surface area contributed by atoms with Crippen LogP contribution in [0.1, 0.15) is 18.1 Å². The molecule has 1 aliphatic heterocycles. The van der Waals surface area contributed by atoms with Crippen LogP contribution in [-0.2, 0) is 27.6 Å². The minimum atomic E-state index is -3.30. The Morgan fingerprint density at radius 2 is 1.85 bits per heavy atom. The van der Waals surface area contributed by atoms with Gasteiger partial charge < -0.3 is 9.88 Å². The highest BCUT2D eigenvalue weighted by molar-refractivity contribution is 7.91. The van der Waals surface area contributed by atoms with Gasteiger partial charge in [0.2, 0.25) is 5.91 Å². The summed E-state index contributed by atoms with van der Waals surface area (Å²) in [6.07, 6.45) is 1.78. The van der Waals surface area contributed by atoms with Gasteiger partial charge in [-0.15, -0.1) is 0 Å². The first-order valence-corrected chi connectivity index (χ1v) is 11.1. The minimum absolute atomic E-state index is 0.0415. The molecule has 1 N–H and O–H groups in total. The average molecular weight is 391 g/mol. The van der Waals surface area contributed by atoms with Crippen LogP contribution < -0.4 is 5.56 Å². The molecule has 1 aromatic carbocycles. The Hall–Kier alpha value is -2.19. The molecular formula is C19H25N3O4S. The molecule has 0 aliphatic carbocycles. The molecule has 0 bridgehead atoms. The van der Waals surface area contributed by atoms with E-state index in [2.05, 4.69) is 16.0 Å². The summed E-state index contributed by atoms with van der Waals surface area (Å²) in [7, 11) is -3.30. The second kappa shape index (κ2) is 7.82. The number of nitrogens with zero attached hydrogens (tertiary/aromatic N) is 2. The second-order valence-electron chi connectivity index (χ2n) is 7.13. The van der Waals surface area contributed by atoms with Gasteiger partial charge in [-0.25, -0.2) is 8.42 Å². The van der Waals surface area contributed by atoms with Crippen molar-refractivity contribution >= 4 is 26.6 Å². The number of carbonyl (C=O) groups is 1. The van der Waals surface area contributed by atoms with E-state index in [-0.39, 0.29) is 11.5 Å². The number of fused-ring (bicyclic) bond motifs is 1. The number of aromatic nitrogens is 1. The van der Waals surface area contributed by atoms with Crippen LogP contribution in [0.3, 0.4) is 0 Å². The van der Waals surface area contributed by atoms with Crippen LogP contribution in [-0.4, -0.2) is 67.3 Å². The molecule has 0 saturated carbocycles. The number of hydrogen-bond acceptors (Lipinski definition) is 5. The highest BCUT2D eigenvalue weighted by Crippen LogP contribution is 2.16. The summed E-state index contributed by atoms with van der Waals surface area (Å²) in [6, 6.07) is 8.01. The zero-order chi connectivity index (χ0) is 19.6. The molecule has 8 heteroatoms. The number of piperazine rings is 1. The van der Waals surface area contributed by atoms with E-state index < -0.39 is 15.6 Å². The summed E-state index contributed by atoms with van der Waals surface area (Å²) >= 11 is 0. The van der Waals surface area contributed by atoms with E-state index >= 15 is 0 Å². The summed E-state index contributed by atoms with van der Waals surface area (Å²) in [5.41, 5.74) is 2.67. The zero-order valence-corrected chi connectivity index (χ0v) is 16.5. The summed E-state index contributed by atoms with van der Waals surface area (Å²) < 4.78 is 22.6. The first-order chi connectivity index (χ1) is 12.7. The fraction of sp³-hybridized carbons (Fsp3) is 0.474. The summed E-state index contributed by atoms with van der Waals surface area (Å²) in [6.45, 7) is 5.13. The molecule has 1 amide bonds. The molecule has 0 spiro atoms. The Morgan fingerprint density at radius 3 is 2.48 bits per heavy atom. The SMILES string of the molecule is CCc1cc2ccc(CN3CCN(C(=O)CS(C)(=O)=O)CC3)cc2[nH]c1=O. The molecule has 27 heavy (non-hydrogen) atoms. The maximum atomic E-state index is 12.0. The fourth-order valence-corrected chi connectivity index (χ4v) is 4.01. The molecule has 0 radical (unpaired) electrons. The molecule has 1 fully saturated rings. The molecule has 2 heterocycles. The third-order valence-electron chi connectivity index (χ3n) is 4.89. The number of H-pyrrole nitrogens is 1.